The summed E-state index contributed by atoms with van der Waals surface area (Å²) in [6, 6.07) is 6.04. The highest BCUT2D eigenvalue weighted by molar-refractivity contribution is 6.30. The minimum atomic E-state index is -0.343. The maximum absolute atomic E-state index is 12.9. The van der Waals surface area contributed by atoms with Crippen LogP contribution in [0.25, 0.3) is 11.2 Å². The summed E-state index contributed by atoms with van der Waals surface area (Å²) >= 11 is 6.19. The van der Waals surface area contributed by atoms with Gasteiger partial charge in [0, 0.05) is 51.0 Å². The molecule has 1 aliphatic rings. The van der Waals surface area contributed by atoms with Crippen LogP contribution in [0, 0.1) is 6.92 Å². The van der Waals surface area contributed by atoms with Crippen molar-refractivity contribution >= 4 is 28.5 Å². The molecule has 9 heteroatoms. The molecule has 0 radical (unpaired) electrons. The largest absolute Gasteiger partial charge is 0.369 e. The van der Waals surface area contributed by atoms with Crippen molar-refractivity contribution < 1.29 is 0 Å². The Balaban J connectivity index is 1.55. The van der Waals surface area contributed by atoms with Gasteiger partial charge in [-0.05, 0) is 30.7 Å². The molecular weight excluding hydrogens is 380 g/mol. The standard InChI is InChI=1S/C19H23ClN6O2/c1-13-8-14(20)10-15(9-13)25-6-4-24(5-7-25)12-26-18(27)16-17(21-11-22(16)2)23(3)19(26)28/h8-11H,4-7,12H2,1-3H3. The number of aryl methyl sites for hydroxylation is 3. The van der Waals surface area contributed by atoms with Crippen molar-refractivity contribution in [3.63, 3.8) is 0 Å². The van der Waals surface area contributed by atoms with Crippen molar-refractivity contribution in [1.82, 2.24) is 23.6 Å². The summed E-state index contributed by atoms with van der Waals surface area (Å²) in [5.74, 6) is 0. The Hall–Kier alpha value is -2.58. The topological polar surface area (TPSA) is 68.3 Å². The van der Waals surface area contributed by atoms with Gasteiger partial charge in [0.25, 0.3) is 5.56 Å². The molecule has 148 valence electrons. The van der Waals surface area contributed by atoms with E-state index in [2.05, 4.69) is 20.9 Å². The zero-order valence-corrected chi connectivity index (χ0v) is 17.0. The summed E-state index contributed by atoms with van der Waals surface area (Å²) in [6.45, 7) is 5.43. The quantitative estimate of drug-likeness (QED) is 0.658. The van der Waals surface area contributed by atoms with Gasteiger partial charge < -0.3 is 9.47 Å². The Kier molecular flexibility index (Phi) is 4.76. The van der Waals surface area contributed by atoms with Crippen LogP contribution in [0.15, 0.2) is 34.1 Å². The molecule has 0 unspecified atom stereocenters. The second kappa shape index (κ2) is 7.10. The van der Waals surface area contributed by atoms with Crippen molar-refractivity contribution in [3.8, 4) is 0 Å². The summed E-state index contributed by atoms with van der Waals surface area (Å²) in [7, 11) is 3.41. The number of rotatable bonds is 3. The van der Waals surface area contributed by atoms with Gasteiger partial charge in [-0.3, -0.25) is 14.3 Å². The first-order valence-electron chi connectivity index (χ1n) is 9.20. The van der Waals surface area contributed by atoms with Gasteiger partial charge in [0.1, 0.15) is 0 Å². The van der Waals surface area contributed by atoms with Crippen LogP contribution < -0.4 is 16.1 Å². The summed E-state index contributed by atoms with van der Waals surface area (Å²) in [6.07, 6.45) is 1.56. The number of benzene rings is 1. The van der Waals surface area contributed by atoms with Crippen LogP contribution in [-0.4, -0.2) is 49.8 Å². The molecule has 1 saturated heterocycles. The molecule has 2 aromatic heterocycles. The number of hydrogen-bond acceptors (Lipinski definition) is 5. The van der Waals surface area contributed by atoms with Gasteiger partial charge >= 0.3 is 5.69 Å². The second-order valence-corrected chi connectivity index (χ2v) is 7.77. The lowest BCUT2D eigenvalue weighted by molar-refractivity contribution is 0.198. The Morgan fingerprint density at radius 3 is 2.46 bits per heavy atom. The number of piperazine rings is 1. The molecule has 0 N–H and O–H groups in total. The fourth-order valence-electron chi connectivity index (χ4n) is 3.77. The first-order valence-corrected chi connectivity index (χ1v) is 9.58. The smallest absolute Gasteiger partial charge is 0.333 e. The number of hydrogen-bond donors (Lipinski definition) is 0. The fraction of sp³-hybridized carbons (Fsp3) is 0.421. The van der Waals surface area contributed by atoms with Gasteiger partial charge in [0.05, 0.1) is 13.0 Å². The Bertz CT molecular complexity index is 1130. The molecule has 4 rings (SSSR count). The van der Waals surface area contributed by atoms with Crippen molar-refractivity contribution in [1.29, 1.82) is 0 Å². The van der Waals surface area contributed by atoms with Gasteiger partial charge in [0.2, 0.25) is 0 Å². The molecule has 1 fully saturated rings. The lowest BCUT2D eigenvalue weighted by Crippen LogP contribution is -2.50. The number of fused-ring (bicyclic) bond motifs is 1. The summed E-state index contributed by atoms with van der Waals surface area (Å²) in [5, 5.41) is 0.733. The van der Waals surface area contributed by atoms with Crippen molar-refractivity contribution in [2.75, 3.05) is 31.1 Å². The van der Waals surface area contributed by atoms with Gasteiger partial charge in [-0.1, -0.05) is 11.6 Å². The van der Waals surface area contributed by atoms with E-state index in [0.717, 1.165) is 42.5 Å². The van der Waals surface area contributed by atoms with Gasteiger partial charge in [-0.15, -0.1) is 0 Å². The Labute approximate surface area is 167 Å². The molecule has 28 heavy (non-hydrogen) atoms. The van der Waals surface area contributed by atoms with Crippen LogP contribution in [0.4, 0.5) is 5.69 Å². The molecule has 1 aromatic carbocycles. The third-order valence-electron chi connectivity index (χ3n) is 5.31. The van der Waals surface area contributed by atoms with Gasteiger partial charge in [-0.25, -0.2) is 14.3 Å². The maximum atomic E-state index is 12.9. The Morgan fingerprint density at radius 1 is 1.07 bits per heavy atom. The molecule has 0 bridgehead atoms. The summed E-state index contributed by atoms with van der Waals surface area (Å²) in [4.78, 5) is 34.1. The van der Waals surface area contributed by atoms with E-state index in [9.17, 15) is 9.59 Å². The van der Waals surface area contributed by atoms with E-state index in [4.69, 9.17) is 11.6 Å². The fourth-order valence-corrected chi connectivity index (χ4v) is 4.05. The molecule has 0 aliphatic carbocycles. The minimum absolute atomic E-state index is 0.273. The molecule has 3 heterocycles. The predicted octanol–water partition coefficient (Wildman–Crippen LogP) is 1.18. The normalized spacial score (nSPS) is 15.5. The van der Waals surface area contributed by atoms with Crippen molar-refractivity contribution in [3.05, 3.63) is 56.0 Å². The number of nitrogens with zero attached hydrogens (tertiary/aromatic N) is 6. The third-order valence-corrected chi connectivity index (χ3v) is 5.52. The van der Waals surface area contributed by atoms with Gasteiger partial charge in [-0.2, -0.15) is 0 Å². The highest BCUT2D eigenvalue weighted by Gasteiger charge is 2.21. The molecule has 8 nitrogen and oxygen atoms in total. The lowest BCUT2D eigenvalue weighted by atomic mass is 10.2. The van der Waals surface area contributed by atoms with E-state index in [1.165, 1.54) is 9.13 Å². The molecule has 0 amide bonds. The third kappa shape index (κ3) is 3.22. The van der Waals surface area contributed by atoms with Crippen LogP contribution >= 0.6 is 11.6 Å². The average molecular weight is 403 g/mol. The monoisotopic (exact) mass is 402 g/mol. The van der Waals surface area contributed by atoms with Crippen molar-refractivity contribution in [2.24, 2.45) is 14.1 Å². The summed E-state index contributed by atoms with van der Waals surface area (Å²) in [5.41, 5.74) is 2.44. The van der Waals surface area contributed by atoms with Crippen LogP contribution in [0.1, 0.15) is 5.56 Å². The van der Waals surface area contributed by atoms with E-state index in [1.807, 2.05) is 19.1 Å². The van der Waals surface area contributed by atoms with Crippen LogP contribution in [0.3, 0.4) is 0 Å². The van der Waals surface area contributed by atoms with E-state index in [0.29, 0.717) is 11.2 Å². The minimum Gasteiger partial charge on any atom is -0.369 e. The van der Waals surface area contributed by atoms with Crippen LogP contribution in [0.5, 0.6) is 0 Å². The first kappa shape index (κ1) is 18.8. The molecule has 3 aromatic rings. The SMILES string of the molecule is Cc1cc(Cl)cc(N2CCN(Cn3c(=O)c4c(ncn4C)n(C)c3=O)CC2)c1. The molecule has 0 saturated carbocycles. The van der Waals surface area contributed by atoms with E-state index in [1.54, 1.807) is 25.0 Å². The lowest BCUT2D eigenvalue weighted by Gasteiger charge is -2.36. The maximum Gasteiger partial charge on any atom is 0.333 e. The van der Waals surface area contributed by atoms with Crippen LogP contribution in [0.2, 0.25) is 5.02 Å². The zero-order valence-electron chi connectivity index (χ0n) is 16.2. The molecule has 0 spiro atoms. The predicted molar refractivity (Wildman–Crippen MR) is 110 cm³/mol. The number of anilines is 1. The number of imidazole rings is 1. The van der Waals surface area contributed by atoms with Gasteiger partial charge in [0.15, 0.2) is 11.2 Å². The zero-order chi connectivity index (χ0) is 20.0. The average Bonchev–Trinajstić information content (AvgIpc) is 3.05. The highest BCUT2D eigenvalue weighted by atomic mass is 35.5. The second-order valence-electron chi connectivity index (χ2n) is 7.34. The van der Waals surface area contributed by atoms with E-state index >= 15 is 0 Å². The van der Waals surface area contributed by atoms with E-state index < -0.39 is 0 Å². The summed E-state index contributed by atoms with van der Waals surface area (Å²) < 4.78 is 4.39. The molecule has 1 aliphatic heterocycles. The highest BCUT2D eigenvalue weighted by Crippen LogP contribution is 2.23. The Morgan fingerprint density at radius 2 is 1.79 bits per heavy atom. The molecule has 0 atom stereocenters. The van der Waals surface area contributed by atoms with Crippen LogP contribution in [-0.2, 0) is 20.8 Å². The molecular formula is C19H23ClN6O2. The first-order chi connectivity index (χ1) is 13.3. The van der Waals surface area contributed by atoms with Crippen molar-refractivity contribution in [2.45, 2.75) is 13.6 Å². The number of halogens is 1. The number of aromatic nitrogens is 4. The van der Waals surface area contributed by atoms with E-state index in [-0.39, 0.29) is 17.9 Å².